The first-order valence-electron chi connectivity index (χ1n) is 7.29. The minimum Gasteiger partial charge on any atom is -0.358 e. The van der Waals surface area contributed by atoms with Gasteiger partial charge in [0.25, 0.3) is 0 Å². The van der Waals surface area contributed by atoms with Gasteiger partial charge in [0.05, 0.1) is 0 Å². The molecule has 0 bridgehead atoms. The lowest BCUT2D eigenvalue weighted by molar-refractivity contribution is 0.220. The minimum atomic E-state index is 1.09. The van der Waals surface area contributed by atoms with Crippen LogP contribution < -0.4 is 0 Å². The van der Waals surface area contributed by atoms with Crippen LogP contribution in [-0.2, 0) is 6.54 Å². The summed E-state index contributed by atoms with van der Waals surface area (Å²) in [5, 5.41) is 0. The van der Waals surface area contributed by atoms with Crippen molar-refractivity contribution in [3.05, 3.63) is 47.7 Å². The van der Waals surface area contributed by atoms with Crippen molar-refractivity contribution in [2.24, 2.45) is 0 Å². The molecule has 1 aromatic carbocycles. The summed E-state index contributed by atoms with van der Waals surface area (Å²) in [5.41, 5.74) is 5.27. The van der Waals surface area contributed by atoms with E-state index < -0.39 is 0 Å². The summed E-state index contributed by atoms with van der Waals surface area (Å²) >= 11 is 0. The molecule has 100 valence electrons. The largest absolute Gasteiger partial charge is 0.358 e. The molecule has 1 aliphatic rings. The molecule has 3 rings (SSSR count). The van der Waals surface area contributed by atoms with E-state index >= 15 is 0 Å². The molecule has 2 nitrogen and oxygen atoms in total. The molecule has 1 aliphatic heterocycles. The molecule has 0 radical (unpaired) electrons. The SMILES string of the molecule is Cc1[nH]c(-c2ccccc2)cc1CN1CCCCC1. The second-order valence-electron chi connectivity index (χ2n) is 5.54. The second kappa shape index (κ2) is 5.62. The number of nitrogens with one attached hydrogen (secondary N) is 1. The maximum Gasteiger partial charge on any atom is 0.0459 e. The van der Waals surface area contributed by atoms with E-state index in [1.807, 2.05) is 0 Å². The van der Waals surface area contributed by atoms with E-state index in [9.17, 15) is 0 Å². The molecule has 2 heteroatoms. The van der Waals surface area contributed by atoms with Crippen molar-refractivity contribution in [2.45, 2.75) is 32.7 Å². The zero-order valence-corrected chi connectivity index (χ0v) is 11.7. The number of likely N-dealkylation sites (tertiary alicyclic amines) is 1. The van der Waals surface area contributed by atoms with Gasteiger partial charge in [0.15, 0.2) is 0 Å². The van der Waals surface area contributed by atoms with E-state index in [0.29, 0.717) is 0 Å². The smallest absolute Gasteiger partial charge is 0.0459 e. The molecule has 0 atom stereocenters. The first-order valence-corrected chi connectivity index (χ1v) is 7.29. The number of rotatable bonds is 3. The first-order chi connectivity index (χ1) is 9.33. The number of piperidine rings is 1. The summed E-state index contributed by atoms with van der Waals surface area (Å²) in [6, 6.07) is 12.9. The number of hydrogen-bond acceptors (Lipinski definition) is 1. The number of aromatic amines is 1. The van der Waals surface area contributed by atoms with Gasteiger partial charge < -0.3 is 4.98 Å². The normalized spacial score (nSPS) is 16.7. The Morgan fingerprint density at radius 1 is 1.05 bits per heavy atom. The topological polar surface area (TPSA) is 19.0 Å². The van der Waals surface area contributed by atoms with Gasteiger partial charge in [-0.3, -0.25) is 4.90 Å². The van der Waals surface area contributed by atoms with Gasteiger partial charge in [0.2, 0.25) is 0 Å². The van der Waals surface area contributed by atoms with Gasteiger partial charge in [-0.05, 0) is 50.0 Å². The summed E-state index contributed by atoms with van der Waals surface area (Å²) in [4.78, 5) is 6.10. The Kier molecular flexibility index (Phi) is 3.69. The van der Waals surface area contributed by atoms with Gasteiger partial charge in [-0.15, -0.1) is 0 Å². The lowest BCUT2D eigenvalue weighted by atomic mass is 10.1. The Labute approximate surface area is 115 Å². The molecule has 1 aromatic heterocycles. The average Bonchev–Trinajstić information content (AvgIpc) is 2.82. The molecule has 1 N–H and O–H groups in total. The van der Waals surface area contributed by atoms with Gasteiger partial charge in [0, 0.05) is 17.9 Å². The van der Waals surface area contributed by atoms with Crippen molar-refractivity contribution in [3.8, 4) is 11.3 Å². The predicted molar refractivity (Wildman–Crippen MR) is 80.1 cm³/mol. The van der Waals surface area contributed by atoms with Gasteiger partial charge in [-0.2, -0.15) is 0 Å². The minimum absolute atomic E-state index is 1.09. The molecule has 0 saturated carbocycles. The van der Waals surface area contributed by atoms with Crippen molar-refractivity contribution in [1.29, 1.82) is 0 Å². The monoisotopic (exact) mass is 254 g/mol. The van der Waals surface area contributed by atoms with Crippen LogP contribution in [0.3, 0.4) is 0 Å². The van der Waals surface area contributed by atoms with Crippen LogP contribution in [0.4, 0.5) is 0 Å². The fraction of sp³-hybridized carbons (Fsp3) is 0.412. The van der Waals surface area contributed by atoms with Crippen LogP contribution in [0.2, 0.25) is 0 Å². The highest BCUT2D eigenvalue weighted by molar-refractivity contribution is 5.61. The van der Waals surface area contributed by atoms with E-state index in [1.54, 1.807) is 0 Å². The van der Waals surface area contributed by atoms with Crippen molar-refractivity contribution < 1.29 is 0 Å². The van der Waals surface area contributed by atoms with E-state index in [0.717, 1.165) is 6.54 Å². The van der Waals surface area contributed by atoms with Crippen LogP contribution in [0.25, 0.3) is 11.3 Å². The van der Waals surface area contributed by atoms with Crippen LogP contribution in [0.5, 0.6) is 0 Å². The summed E-state index contributed by atoms with van der Waals surface area (Å²) in [5.74, 6) is 0. The molecule has 1 fully saturated rings. The highest BCUT2D eigenvalue weighted by atomic mass is 15.1. The van der Waals surface area contributed by atoms with Gasteiger partial charge in [-0.1, -0.05) is 36.8 Å². The average molecular weight is 254 g/mol. The first kappa shape index (κ1) is 12.5. The third-order valence-electron chi connectivity index (χ3n) is 4.05. The number of benzene rings is 1. The molecule has 0 amide bonds. The molecule has 2 heterocycles. The second-order valence-corrected chi connectivity index (χ2v) is 5.54. The number of nitrogens with zero attached hydrogens (tertiary/aromatic N) is 1. The van der Waals surface area contributed by atoms with Crippen LogP contribution in [-0.4, -0.2) is 23.0 Å². The summed E-state index contributed by atoms with van der Waals surface area (Å²) < 4.78 is 0. The lowest BCUT2D eigenvalue weighted by Crippen LogP contribution is -2.29. The standard InChI is InChI=1S/C17H22N2/c1-14-16(13-19-10-6-3-7-11-19)12-17(18-14)15-8-4-2-5-9-15/h2,4-5,8-9,12,18H,3,6-7,10-11,13H2,1H3. The van der Waals surface area contributed by atoms with Gasteiger partial charge >= 0.3 is 0 Å². The van der Waals surface area contributed by atoms with Gasteiger partial charge in [0.1, 0.15) is 0 Å². The number of hydrogen-bond donors (Lipinski definition) is 1. The molecule has 0 aliphatic carbocycles. The third-order valence-corrected chi connectivity index (χ3v) is 4.05. The third kappa shape index (κ3) is 2.90. The molecular formula is C17H22N2. The molecule has 0 spiro atoms. The lowest BCUT2D eigenvalue weighted by Gasteiger charge is -2.26. The fourth-order valence-corrected chi connectivity index (χ4v) is 2.90. The van der Waals surface area contributed by atoms with E-state index in [-0.39, 0.29) is 0 Å². The van der Waals surface area contributed by atoms with E-state index in [2.05, 4.69) is 53.2 Å². The molecule has 1 saturated heterocycles. The molecule has 2 aromatic rings. The molecule has 0 unspecified atom stereocenters. The predicted octanol–water partition coefficient (Wildman–Crippen LogP) is 3.98. The van der Waals surface area contributed by atoms with Crippen molar-refractivity contribution >= 4 is 0 Å². The van der Waals surface area contributed by atoms with Crippen LogP contribution in [0, 0.1) is 6.92 Å². The number of aryl methyl sites for hydroxylation is 1. The highest BCUT2D eigenvalue weighted by Gasteiger charge is 2.13. The molecule has 19 heavy (non-hydrogen) atoms. The van der Waals surface area contributed by atoms with Crippen molar-refractivity contribution in [1.82, 2.24) is 9.88 Å². The van der Waals surface area contributed by atoms with Gasteiger partial charge in [-0.25, -0.2) is 0 Å². The number of aromatic nitrogens is 1. The Balaban J connectivity index is 1.77. The Hall–Kier alpha value is -1.54. The Morgan fingerprint density at radius 2 is 1.79 bits per heavy atom. The maximum absolute atomic E-state index is 3.52. The van der Waals surface area contributed by atoms with E-state index in [4.69, 9.17) is 0 Å². The zero-order chi connectivity index (χ0) is 13.1. The Bertz CT molecular complexity index is 521. The fourth-order valence-electron chi connectivity index (χ4n) is 2.90. The van der Waals surface area contributed by atoms with Crippen LogP contribution >= 0.6 is 0 Å². The maximum atomic E-state index is 3.52. The van der Waals surface area contributed by atoms with Crippen LogP contribution in [0.1, 0.15) is 30.5 Å². The quantitative estimate of drug-likeness (QED) is 0.878. The highest BCUT2D eigenvalue weighted by Crippen LogP contribution is 2.23. The zero-order valence-electron chi connectivity index (χ0n) is 11.7. The summed E-state index contributed by atoms with van der Waals surface area (Å²) in [6.45, 7) is 5.79. The molecular weight excluding hydrogens is 232 g/mol. The van der Waals surface area contributed by atoms with E-state index in [1.165, 1.54) is 54.9 Å². The number of H-pyrrole nitrogens is 1. The summed E-state index contributed by atoms with van der Waals surface area (Å²) in [6.07, 6.45) is 4.11. The van der Waals surface area contributed by atoms with Crippen LogP contribution in [0.15, 0.2) is 36.4 Å². The van der Waals surface area contributed by atoms with Crippen molar-refractivity contribution in [2.75, 3.05) is 13.1 Å². The van der Waals surface area contributed by atoms with Crippen molar-refractivity contribution in [3.63, 3.8) is 0 Å². The summed E-state index contributed by atoms with van der Waals surface area (Å²) in [7, 11) is 0. The Morgan fingerprint density at radius 3 is 2.53 bits per heavy atom.